The predicted molar refractivity (Wildman–Crippen MR) is 118 cm³/mol. The summed E-state index contributed by atoms with van der Waals surface area (Å²) in [6.45, 7) is 7.75. The average Bonchev–Trinajstić information content (AvgIpc) is 2.80. The van der Waals surface area contributed by atoms with E-state index in [4.69, 9.17) is 14.2 Å². The van der Waals surface area contributed by atoms with Gasteiger partial charge >= 0.3 is 0 Å². The van der Waals surface area contributed by atoms with Gasteiger partial charge in [-0.3, -0.25) is 10.3 Å². The Labute approximate surface area is 181 Å². The molecule has 3 heterocycles. The number of benzene rings is 1. The molecule has 0 unspecified atom stereocenters. The van der Waals surface area contributed by atoms with Gasteiger partial charge in [-0.1, -0.05) is 12.1 Å². The fraction of sp³-hybridized carbons (Fsp3) is 0.455. The van der Waals surface area contributed by atoms with Crippen LogP contribution in [0.25, 0.3) is 0 Å². The summed E-state index contributed by atoms with van der Waals surface area (Å²) >= 11 is 0. The van der Waals surface area contributed by atoms with Gasteiger partial charge in [0.15, 0.2) is 5.82 Å². The van der Waals surface area contributed by atoms with Crippen molar-refractivity contribution < 1.29 is 18.6 Å². The van der Waals surface area contributed by atoms with Crippen LogP contribution in [-0.2, 0) is 9.47 Å². The summed E-state index contributed by atoms with van der Waals surface area (Å²) in [4.78, 5) is 9.09. The summed E-state index contributed by atoms with van der Waals surface area (Å²) in [6, 6.07) is 10.1. The van der Waals surface area contributed by atoms with Gasteiger partial charge in [-0.05, 0) is 17.7 Å². The zero-order valence-corrected chi connectivity index (χ0v) is 17.5. The minimum absolute atomic E-state index is 0.299. The van der Waals surface area contributed by atoms with E-state index in [0.717, 1.165) is 51.6 Å². The first-order valence-corrected chi connectivity index (χ1v) is 10.6. The van der Waals surface area contributed by atoms with Crippen molar-refractivity contribution in [3.05, 3.63) is 47.8 Å². The second-order valence-corrected chi connectivity index (χ2v) is 7.38. The monoisotopic (exact) mass is 429 g/mol. The molecule has 9 heteroatoms. The second kappa shape index (κ2) is 11.0. The normalized spacial score (nSPS) is 17.8. The smallest absolute Gasteiger partial charge is 0.217 e. The molecule has 1 aromatic heterocycles. The summed E-state index contributed by atoms with van der Waals surface area (Å²) < 4.78 is 30.2. The molecule has 4 rings (SSSR count). The highest BCUT2D eigenvalue weighted by Crippen LogP contribution is 2.25. The molecule has 1 N–H and O–H groups in total. The Bertz CT molecular complexity index is 870. The molecule has 0 aliphatic carbocycles. The van der Waals surface area contributed by atoms with E-state index in [9.17, 15) is 4.39 Å². The van der Waals surface area contributed by atoms with Crippen molar-refractivity contribution in [3.8, 4) is 5.88 Å². The van der Waals surface area contributed by atoms with Crippen LogP contribution < -0.4 is 15.1 Å². The minimum atomic E-state index is -0.299. The molecule has 31 heavy (non-hydrogen) atoms. The van der Waals surface area contributed by atoms with Crippen molar-refractivity contribution in [2.45, 2.75) is 0 Å². The Morgan fingerprint density at radius 1 is 1.06 bits per heavy atom. The first kappa shape index (κ1) is 21.5. The van der Waals surface area contributed by atoms with Gasteiger partial charge in [0, 0.05) is 50.5 Å². The molecule has 2 aromatic rings. The van der Waals surface area contributed by atoms with Gasteiger partial charge in [0.2, 0.25) is 5.88 Å². The average molecular weight is 429 g/mol. The van der Waals surface area contributed by atoms with E-state index in [1.54, 1.807) is 18.3 Å². The maximum absolute atomic E-state index is 13.3. The zero-order valence-electron chi connectivity index (χ0n) is 17.5. The Morgan fingerprint density at radius 2 is 1.84 bits per heavy atom. The molecule has 0 spiro atoms. The van der Waals surface area contributed by atoms with Crippen LogP contribution >= 0.6 is 0 Å². The third kappa shape index (κ3) is 6.61. The standard InChI is InChI=1S/C22H28FN5O3/c23-19-3-1-2-18(14-19)17-24-26-21-15-20(28-7-11-30-12-8-28)16-22(25-21)31-13-6-27-4-9-29-10-5-27/h1-3,14-17H,4-13H2,(H,25,26)/b24-17+. The van der Waals surface area contributed by atoms with Crippen LogP contribution in [0.2, 0.25) is 0 Å². The molecule has 2 aliphatic heterocycles. The number of aromatic nitrogens is 1. The molecule has 8 nitrogen and oxygen atoms in total. The first-order chi connectivity index (χ1) is 15.3. The van der Waals surface area contributed by atoms with Gasteiger partial charge in [0.1, 0.15) is 12.4 Å². The molecule has 2 saturated heterocycles. The number of halogens is 1. The molecule has 2 fully saturated rings. The van der Waals surface area contributed by atoms with Crippen LogP contribution in [0.3, 0.4) is 0 Å². The van der Waals surface area contributed by atoms with Gasteiger partial charge in [-0.2, -0.15) is 10.1 Å². The number of nitrogens with zero attached hydrogens (tertiary/aromatic N) is 4. The molecule has 1 aromatic carbocycles. The van der Waals surface area contributed by atoms with Crippen LogP contribution in [0, 0.1) is 5.82 Å². The van der Waals surface area contributed by atoms with Crippen molar-refractivity contribution in [3.63, 3.8) is 0 Å². The quantitative estimate of drug-likeness (QED) is 0.510. The lowest BCUT2D eigenvalue weighted by molar-refractivity contribution is 0.0320. The highest BCUT2D eigenvalue weighted by Gasteiger charge is 2.15. The van der Waals surface area contributed by atoms with E-state index in [2.05, 4.69) is 25.3 Å². The van der Waals surface area contributed by atoms with E-state index in [1.807, 2.05) is 12.1 Å². The van der Waals surface area contributed by atoms with E-state index < -0.39 is 0 Å². The van der Waals surface area contributed by atoms with Gasteiger partial charge < -0.3 is 19.1 Å². The second-order valence-electron chi connectivity index (χ2n) is 7.38. The lowest BCUT2D eigenvalue weighted by atomic mass is 10.2. The fourth-order valence-corrected chi connectivity index (χ4v) is 3.49. The predicted octanol–water partition coefficient (Wildman–Crippen LogP) is 2.21. The molecule has 0 amide bonds. The van der Waals surface area contributed by atoms with Crippen LogP contribution in [0.1, 0.15) is 5.56 Å². The van der Waals surface area contributed by atoms with Crippen molar-refractivity contribution in [2.75, 3.05) is 76.1 Å². The van der Waals surface area contributed by atoms with Crippen LogP contribution in [-0.4, -0.2) is 81.9 Å². The molecule has 2 aliphatic rings. The lowest BCUT2D eigenvalue weighted by Crippen LogP contribution is -2.38. The number of morpholine rings is 2. The van der Waals surface area contributed by atoms with Crippen LogP contribution in [0.15, 0.2) is 41.5 Å². The maximum Gasteiger partial charge on any atom is 0.217 e. The van der Waals surface area contributed by atoms with E-state index in [0.29, 0.717) is 37.1 Å². The number of ether oxygens (including phenoxy) is 3. The summed E-state index contributed by atoms with van der Waals surface area (Å²) in [5, 5.41) is 4.21. The van der Waals surface area contributed by atoms with E-state index in [-0.39, 0.29) is 5.82 Å². The number of hydrazone groups is 1. The molecular weight excluding hydrogens is 401 g/mol. The minimum Gasteiger partial charge on any atom is -0.476 e. The zero-order chi connectivity index (χ0) is 21.3. The number of pyridine rings is 1. The van der Waals surface area contributed by atoms with Crippen LogP contribution in [0.4, 0.5) is 15.9 Å². The molecule has 0 radical (unpaired) electrons. The summed E-state index contributed by atoms with van der Waals surface area (Å²) in [5.74, 6) is 0.811. The third-order valence-electron chi connectivity index (χ3n) is 5.17. The molecule has 166 valence electrons. The summed E-state index contributed by atoms with van der Waals surface area (Å²) in [5.41, 5.74) is 4.61. The Hall–Kier alpha value is -2.75. The highest BCUT2D eigenvalue weighted by molar-refractivity contribution is 5.80. The topological polar surface area (TPSA) is 71.5 Å². The highest BCUT2D eigenvalue weighted by atomic mass is 19.1. The Kier molecular flexibility index (Phi) is 7.65. The fourth-order valence-electron chi connectivity index (χ4n) is 3.49. The SMILES string of the molecule is Fc1cccc(/C=N/Nc2cc(N3CCOCC3)cc(OCCN3CCOCC3)n2)c1. The first-order valence-electron chi connectivity index (χ1n) is 10.6. The summed E-state index contributed by atoms with van der Waals surface area (Å²) in [6.07, 6.45) is 1.56. The number of rotatable bonds is 8. The maximum atomic E-state index is 13.3. The van der Waals surface area contributed by atoms with Gasteiger partial charge in [0.25, 0.3) is 0 Å². The van der Waals surface area contributed by atoms with Gasteiger partial charge in [-0.25, -0.2) is 4.39 Å². The molecule has 0 saturated carbocycles. The lowest BCUT2D eigenvalue weighted by Gasteiger charge is -2.29. The third-order valence-corrected chi connectivity index (χ3v) is 5.17. The Morgan fingerprint density at radius 3 is 2.61 bits per heavy atom. The van der Waals surface area contributed by atoms with Crippen molar-refractivity contribution in [1.82, 2.24) is 9.88 Å². The van der Waals surface area contributed by atoms with Gasteiger partial charge in [-0.15, -0.1) is 0 Å². The van der Waals surface area contributed by atoms with E-state index >= 15 is 0 Å². The van der Waals surface area contributed by atoms with E-state index in [1.165, 1.54) is 12.1 Å². The number of hydrogen-bond donors (Lipinski definition) is 1. The largest absolute Gasteiger partial charge is 0.476 e. The molecular formula is C22H28FN5O3. The Balaban J connectivity index is 1.43. The van der Waals surface area contributed by atoms with Crippen molar-refractivity contribution in [1.29, 1.82) is 0 Å². The number of anilines is 2. The van der Waals surface area contributed by atoms with Crippen molar-refractivity contribution in [2.24, 2.45) is 5.10 Å². The van der Waals surface area contributed by atoms with Gasteiger partial charge in [0.05, 0.1) is 32.6 Å². The summed E-state index contributed by atoms with van der Waals surface area (Å²) in [7, 11) is 0. The molecule has 0 bridgehead atoms. The van der Waals surface area contributed by atoms with Crippen molar-refractivity contribution >= 4 is 17.7 Å². The number of hydrogen-bond acceptors (Lipinski definition) is 8. The van der Waals surface area contributed by atoms with Crippen LogP contribution in [0.5, 0.6) is 5.88 Å². The number of nitrogens with one attached hydrogen (secondary N) is 1. The molecule has 0 atom stereocenters.